The van der Waals surface area contributed by atoms with Gasteiger partial charge in [0, 0.05) is 25.0 Å². The number of nitrogens with one attached hydrogen (secondary N) is 1. The second-order valence-electron chi connectivity index (χ2n) is 7.12. The summed E-state index contributed by atoms with van der Waals surface area (Å²) in [4.78, 5) is 22.8. The van der Waals surface area contributed by atoms with E-state index in [9.17, 15) is 4.79 Å². The van der Waals surface area contributed by atoms with Gasteiger partial charge in [0.15, 0.2) is 0 Å². The minimum absolute atomic E-state index is 0.0863. The molecule has 1 saturated heterocycles. The molecule has 2 aromatic rings. The number of hydrogen-bond donors (Lipinski definition) is 1. The average Bonchev–Trinajstić information content (AvgIpc) is 2.62. The fourth-order valence-electron chi connectivity index (χ4n) is 2.65. The van der Waals surface area contributed by atoms with Crippen molar-refractivity contribution in [1.82, 2.24) is 14.9 Å². The second-order valence-corrected chi connectivity index (χ2v) is 7.12. The van der Waals surface area contributed by atoms with Gasteiger partial charge in [0.25, 0.3) is 5.91 Å². The van der Waals surface area contributed by atoms with E-state index in [0.717, 1.165) is 5.69 Å². The molecule has 0 saturated carbocycles. The van der Waals surface area contributed by atoms with Crippen molar-refractivity contribution >= 4 is 17.5 Å². The van der Waals surface area contributed by atoms with E-state index in [2.05, 4.69) is 48.2 Å². The molecule has 3 rings (SSSR count). The number of carbonyl (C=O) groups is 1. The highest BCUT2D eigenvalue weighted by Crippen LogP contribution is 2.24. The Balaban J connectivity index is 1.72. The molecule has 6 nitrogen and oxygen atoms in total. The smallest absolute Gasteiger partial charge is 0.272 e. The molecule has 25 heavy (non-hydrogen) atoms. The van der Waals surface area contributed by atoms with Gasteiger partial charge in [-0.05, 0) is 29.2 Å². The van der Waals surface area contributed by atoms with Crippen molar-refractivity contribution in [2.75, 3.05) is 31.6 Å². The highest BCUT2D eigenvalue weighted by atomic mass is 16.5. The van der Waals surface area contributed by atoms with Gasteiger partial charge < -0.3 is 15.0 Å². The third kappa shape index (κ3) is 4.33. The molecule has 1 N–H and O–H groups in total. The number of aromatic nitrogens is 2. The van der Waals surface area contributed by atoms with Crippen LogP contribution in [0.4, 0.5) is 11.6 Å². The number of rotatable bonds is 3. The van der Waals surface area contributed by atoms with Crippen molar-refractivity contribution in [1.29, 1.82) is 0 Å². The Labute approximate surface area is 148 Å². The molecule has 0 unspecified atom stereocenters. The lowest BCUT2D eigenvalue weighted by Crippen LogP contribution is -2.41. The third-order valence-electron chi connectivity index (χ3n) is 4.18. The number of carbonyl (C=O) groups excluding carboxylic acids is 1. The Morgan fingerprint density at radius 2 is 1.80 bits per heavy atom. The fourth-order valence-corrected chi connectivity index (χ4v) is 2.65. The number of morpholine rings is 1. The maximum absolute atomic E-state index is 12.5. The first-order valence-electron chi connectivity index (χ1n) is 8.51. The summed E-state index contributed by atoms with van der Waals surface area (Å²) < 4.78 is 5.28. The van der Waals surface area contributed by atoms with E-state index in [0.29, 0.717) is 37.9 Å². The van der Waals surface area contributed by atoms with Crippen LogP contribution in [0.1, 0.15) is 36.8 Å². The van der Waals surface area contributed by atoms with Gasteiger partial charge in [-0.2, -0.15) is 0 Å². The van der Waals surface area contributed by atoms with Crippen LogP contribution in [0.2, 0.25) is 0 Å². The Kier molecular flexibility index (Phi) is 4.99. The Morgan fingerprint density at radius 1 is 1.12 bits per heavy atom. The largest absolute Gasteiger partial charge is 0.378 e. The zero-order valence-electron chi connectivity index (χ0n) is 15.0. The Morgan fingerprint density at radius 3 is 2.44 bits per heavy atom. The normalized spacial score (nSPS) is 15.1. The van der Waals surface area contributed by atoms with Crippen LogP contribution in [0, 0.1) is 0 Å². The number of anilines is 2. The van der Waals surface area contributed by atoms with Crippen molar-refractivity contribution < 1.29 is 9.53 Å². The number of amides is 1. The van der Waals surface area contributed by atoms with Crippen molar-refractivity contribution in [3.63, 3.8) is 0 Å². The molecule has 1 aliphatic heterocycles. The highest BCUT2D eigenvalue weighted by molar-refractivity contribution is 5.92. The molecule has 1 fully saturated rings. The second kappa shape index (κ2) is 7.19. The van der Waals surface area contributed by atoms with Crippen LogP contribution >= 0.6 is 0 Å². The third-order valence-corrected chi connectivity index (χ3v) is 4.18. The SMILES string of the molecule is CC(C)(C)c1ccc(Nc2nccc(C(=O)N3CCOCC3)n2)cc1. The molecule has 6 heteroatoms. The average molecular weight is 340 g/mol. The summed E-state index contributed by atoms with van der Waals surface area (Å²) in [5, 5.41) is 3.16. The van der Waals surface area contributed by atoms with Gasteiger partial charge in [0.2, 0.25) is 5.95 Å². The number of hydrogen-bond acceptors (Lipinski definition) is 5. The molecular weight excluding hydrogens is 316 g/mol. The van der Waals surface area contributed by atoms with Gasteiger partial charge in [-0.1, -0.05) is 32.9 Å². The molecule has 0 atom stereocenters. The standard InChI is InChI=1S/C19H24N4O2/c1-19(2,3)14-4-6-15(7-5-14)21-18-20-9-8-16(22-18)17(24)23-10-12-25-13-11-23/h4-9H,10-13H2,1-3H3,(H,20,21,22). The van der Waals surface area contributed by atoms with Crippen LogP contribution < -0.4 is 5.32 Å². The summed E-state index contributed by atoms with van der Waals surface area (Å²) in [7, 11) is 0. The van der Waals surface area contributed by atoms with Crippen molar-refractivity contribution in [3.05, 3.63) is 47.8 Å². The quantitative estimate of drug-likeness (QED) is 0.930. The predicted octanol–water partition coefficient (Wildman–Crippen LogP) is 2.99. The summed E-state index contributed by atoms with van der Waals surface area (Å²) in [5.41, 5.74) is 2.66. The van der Waals surface area contributed by atoms with E-state index < -0.39 is 0 Å². The molecule has 0 spiro atoms. The molecule has 132 valence electrons. The molecule has 0 bridgehead atoms. The molecule has 0 aliphatic carbocycles. The fraction of sp³-hybridized carbons (Fsp3) is 0.421. The van der Waals surface area contributed by atoms with E-state index >= 15 is 0 Å². The molecule has 1 aromatic heterocycles. The minimum atomic E-state index is -0.0863. The van der Waals surface area contributed by atoms with Gasteiger partial charge in [0.1, 0.15) is 5.69 Å². The Bertz CT molecular complexity index is 732. The van der Waals surface area contributed by atoms with Crippen LogP contribution in [-0.4, -0.2) is 47.1 Å². The van der Waals surface area contributed by atoms with E-state index in [1.54, 1.807) is 17.2 Å². The first-order valence-corrected chi connectivity index (χ1v) is 8.51. The zero-order chi connectivity index (χ0) is 17.9. The summed E-state index contributed by atoms with van der Waals surface area (Å²) in [6.45, 7) is 8.88. The van der Waals surface area contributed by atoms with Crippen LogP contribution in [0.5, 0.6) is 0 Å². The lowest BCUT2D eigenvalue weighted by molar-refractivity contribution is 0.0299. The van der Waals surface area contributed by atoms with Crippen LogP contribution in [-0.2, 0) is 10.2 Å². The first kappa shape index (κ1) is 17.4. The number of ether oxygens (including phenoxy) is 1. The number of nitrogens with zero attached hydrogens (tertiary/aromatic N) is 3. The van der Waals surface area contributed by atoms with Gasteiger partial charge in [-0.25, -0.2) is 9.97 Å². The van der Waals surface area contributed by atoms with E-state index in [1.165, 1.54) is 5.56 Å². The van der Waals surface area contributed by atoms with E-state index in [4.69, 9.17) is 4.74 Å². The lowest BCUT2D eigenvalue weighted by Gasteiger charge is -2.26. The topological polar surface area (TPSA) is 67.4 Å². The molecule has 0 radical (unpaired) electrons. The summed E-state index contributed by atoms with van der Waals surface area (Å²) in [6.07, 6.45) is 1.60. The van der Waals surface area contributed by atoms with Gasteiger partial charge >= 0.3 is 0 Å². The minimum Gasteiger partial charge on any atom is -0.378 e. The molecular formula is C19H24N4O2. The maximum Gasteiger partial charge on any atom is 0.272 e. The number of benzene rings is 1. The van der Waals surface area contributed by atoms with Gasteiger partial charge in [-0.3, -0.25) is 4.79 Å². The monoisotopic (exact) mass is 340 g/mol. The summed E-state index contributed by atoms with van der Waals surface area (Å²) in [5.74, 6) is 0.333. The van der Waals surface area contributed by atoms with Crippen molar-refractivity contribution in [2.24, 2.45) is 0 Å². The predicted molar refractivity (Wildman–Crippen MR) is 97.2 cm³/mol. The van der Waals surface area contributed by atoms with Gasteiger partial charge in [-0.15, -0.1) is 0 Å². The zero-order valence-corrected chi connectivity index (χ0v) is 15.0. The van der Waals surface area contributed by atoms with E-state index in [-0.39, 0.29) is 11.3 Å². The van der Waals surface area contributed by atoms with Crippen LogP contribution in [0.25, 0.3) is 0 Å². The Hall–Kier alpha value is -2.47. The summed E-state index contributed by atoms with van der Waals surface area (Å²) >= 11 is 0. The van der Waals surface area contributed by atoms with Gasteiger partial charge in [0.05, 0.1) is 13.2 Å². The first-order chi connectivity index (χ1) is 11.9. The maximum atomic E-state index is 12.5. The van der Waals surface area contributed by atoms with Crippen molar-refractivity contribution in [3.8, 4) is 0 Å². The van der Waals surface area contributed by atoms with Crippen molar-refractivity contribution in [2.45, 2.75) is 26.2 Å². The molecule has 1 amide bonds. The lowest BCUT2D eigenvalue weighted by atomic mass is 9.87. The molecule has 1 aliphatic rings. The summed E-state index contributed by atoms with van der Waals surface area (Å²) in [6, 6.07) is 9.82. The highest BCUT2D eigenvalue weighted by Gasteiger charge is 2.20. The van der Waals surface area contributed by atoms with Crippen LogP contribution in [0.3, 0.4) is 0 Å². The van der Waals surface area contributed by atoms with E-state index in [1.807, 2.05) is 12.1 Å². The molecule has 1 aromatic carbocycles. The molecule has 2 heterocycles. The van der Waals surface area contributed by atoms with Crippen LogP contribution in [0.15, 0.2) is 36.5 Å².